The van der Waals surface area contributed by atoms with Crippen molar-refractivity contribution in [1.82, 2.24) is 10.2 Å². The van der Waals surface area contributed by atoms with E-state index in [-0.39, 0.29) is 6.04 Å². The summed E-state index contributed by atoms with van der Waals surface area (Å²) in [7, 11) is 0. The van der Waals surface area contributed by atoms with Gasteiger partial charge in [-0.25, -0.2) is 0 Å². The fourth-order valence-corrected chi connectivity index (χ4v) is 2.10. The van der Waals surface area contributed by atoms with Gasteiger partial charge in [0.25, 0.3) is 0 Å². The van der Waals surface area contributed by atoms with E-state index in [0.29, 0.717) is 0 Å². The highest BCUT2D eigenvalue weighted by atomic mass is 32.1. The predicted octanol–water partition coefficient (Wildman–Crippen LogP) is 1.09. The number of rotatable bonds is 2. The lowest BCUT2D eigenvalue weighted by Crippen LogP contribution is -2.39. The standard InChI is InChI=1S/C12H17N3S/c13-11-6-7-15(9-11)12(16)14-8-10-4-2-1-3-5-10/h1-5,11H,6-9,13H2,(H,14,16)/t11-/m1/s1. The molecule has 0 saturated carbocycles. The van der Waals surface area contributed by atoms with E-state index in [1.807, 2.05) is 18.2 Å². The highest BCUT2D eigenvalue weighted by Gasteiger charge is 2.20. The van der Waals surface area contributed by atoms with Crippen molar-refractivity contribution in [3.8, 4) is 0 Å². The van der Waals surface area contributed by atoms with Gasteiger partial charge in [-0.05, 0) is 24.2 Å². The quantitative estimate of drug-likeness (QED) is 0.753. The molecule has 1 aromatic rings. The van der Waals surface area contributed by atoms with Crippen molar-refractivity contribution < 1.29 is 0 Å². The van der Waals surface area contributed by atoms with Gasteiger partial charge in [0.1, 0.15) is 0 Å². The summed E-state index contributed by atoms with van der Waals surface area (Å²) in [5, 5.41) is 4.08. The topological polar surface area (TPSA) is 41.3 Å². The molecule has 1 fully saturated rings. The summed E-state index contributed by atoms with van der Waals surface area (Å²) in [5.74, 6) is 0. The van der Waals surface area contributed by atoms with Crippen LogP contribution in [0.4, 0.5) is 0 Å². The van der Waals surface area contributed by atoms with Crippen molar-refractivity contribution in [2.45, 2.75) is 19.0 Å². The number of nitrogens with two attached hydrogens (primary N) is 1. The molecule has 4 heteroatoms. The summed E-state index contributed by atoms with van der Waals surface area (Å²) in [6.07, 6.45) is 1.03. The molecular formula is C12H17N3S. The maximum atomic E-state index is 5.84. The SMILES string of the molecule is N[C@@H]1CCN(C(=S)NCc2ccccc2)C1. The number of nitrogens with zero attached hydrogens (tertiary/aromatic N) is 1. The average molecular weight is 235 g/mol. The van der Waals surface area contributed by atoms with Crippen LogP contribution in [-0.4, -0.2) is 29.1 Å². The zero-order valence-electron chi connectivity index (χ0n) is 9.23. The van der Waals surface area contributed by atoms with Gasteiger partial charge in [0.2, 0.25) is 0 Å². The van der Waals surface area contributed by atoms with E-state index in [1.165, 1.54) is 5.56 Å². The normalized spacial score (nSPS) is 19.8. The van der Waals surface area contributed by atoms with Gasteiger partial charge in [0, 0.05) is 25.7 Å². The Labute approximate surface area is 102 Å². The van der Waals surface area contributed by atoms with Crippen LogP contribution >= 0.6 is 12.2 Å². The van der Waals surface area contributed by atoms with Crippen LogP contribution < -0.4 is 11.1 Å². The number of thiocarbonyl (C=S) groups is 1. The molecule has 1 saturated heterocycles. The minimum absolute atomic E-state index is 0.275. The molecule has 0 radical (unpaired) electrons. The molecule has 0 bridgehead atoms. The summed E-state index contributed by atoms with van der Waals surface area (Å²) < 4.78 is 0. The molecule has 16 heavy (non-hydrogen) atoms. The first-order chi connectivity index (χ1) is 7.75. The van der Waals surface area contributed by atoms with Gasteiger partial charge in [0.05, 0.1) is 0 Å². The van der Waals surface area contributed by atoms with Gasteiger partial charge in [-0.3, -0.25) is 0 Å². The van der Waals surface area contributed by atoms with Crippen LogP contribution in [0.5, 0.6) is 0 Å². The monoisotopic (exact) mass is 235 g/mol. The minimum atomic E-state index is 0.275. The zero-order chi connectivity index (χ0) is 11.4. The number of nitrogens with one attached hydrogen (secondary N) is 1. The Kier molecular flexibility index (Phi) is 3.74. The van der Waals surface area contributed by atoms with Gasteiger partial charge in [-0.1, -0.05) is 30.3 Å². The van der Waals surface area contributed by atoms with Crippen LogP contribution in [0.3, 0.4) is 0 Å². The molecular weight excluding hydrogens is 218 g/mol. The Morgan fingerprint density at radius 3 is 2.81 bits per heavy atom. The summed E-state index contributed by atoms with van der Waals surface area (Å²) in [5.41, 5.74) is 7.08. The number of hydrogen-bond donors (Lipinski definition) is 2. The number of benzene rings is 1. The zero-order valence-corrected chi connectivity index (χ0v) is 10.0. The van der Waals surface area contributed by atoms with E-state index in [9.17, 15) is 0 Å². The first kappa shape index (κ1) is 11.4. The maximum Gasteiger partial charge on any atom is 0.169 e. The van der Waals surface area contributed by atoms with Crippen LogP contribution in [-0.2, 0) is 6.54 Å². The predicted molar refractivity (Wildman–Crippen MR) is 70.0 cm³/mol. The lowest BCUT2D eigenvalue weighted by atomic mass is 10.2. The molecule has 3 nitrogen and oxygen atoms in total. The van der Waals surface area contributed by atoms with Gasteiger partial charge in [-0.15, -0.1) is 0 Å². The molecule has 0 unspecified atom stereocenters. The summed E-state index contributed by atoms with van der Waals surface area (Å²) >= 11 is 5.33. The van der Waals surface area contributed by atoms with Crippen molar-refractivity contribution in [1.29, 1.82) is 0 Å². The van der Waals surface area contributed by atoms with E-state index in [4.69, 9.17) is 18.0 Å². The lowest BCUT2D eigenvalue weighted by molar-refractivity contribution is 0.497. The minimum Gasteiger partial charge on any atom is -0.358 e. The highest BCUT2D eigenvalue weighted by molar-refractivity contribution is 7.80. The Morgan fingerprint density at radius 1 is 1.44 bits per heavy atom. The van der Waals surface area contributed by atoms with E-state index in [0.717, 1.165) is 31.2 Å². The Bertz CT molecular complexity index is 353. The molecule has 3 N–H and O–H groups in total. The Balaban J connectivity index is 1.80. The largest absolute Gasteiger partial charge is 0.358 e. The van der Waals surface area contributed by atoms with Crippen molar-refractivity contribution >= 4 is 17.3 Å². The first-order valence-corrected chi connectivity index (χ1v) is 5.99. The number of hydrogen-bond acceptors (Lipinski definition) is 2. The van der Waals surface area contributed by atoms with E-state index < -0.39 is 0 Å². The third-order valence-corrected chi connectivity index (χ3v) is 3.20. The smallest absolute Gasteiger partial charge is 0.169 e. The van der Waals surface area contributed by atoms with Crippen LogP contribution in [0.15, 0.2) is 30.3 Å². The molecule has 0 amide bonds. The van der Waals surface area contributed by atoms with Crippen LogP contribution in [0.1, 0.15) is 12.0 Å². The molecule has 0 aliphatic carbocycles. The van der Waals surface area contributed by atoms with E-state index in [2.05, 4.69) is 22.3 Å². The van der Waals surface area contributed by atoms with E-state index in [1.54, 1.807) is 0 Å². The third-order valence-electron chi connectivity index (χ3n) is 2.80. The first-order valence-electron chi connectivity index (χ1n) is 5.58. The molecule has 1 heterocycles. The lowest BCUT2D eigenvalue weighted by Gasteiger charge is -2.20. The van der Waals surface area contributed by atoms with Crippen LogP contribution in [0.2, 0.25) is 0 Å². The molecule has 1 aliphatic rings. The molecule has 1 atom stereocenters. The Hall–Kier alpha value is -1.13. The Morgan fingerprint density at radius 2 is 2.19 bits per heavy atom. The van der Waals surface area contributed by atoms with Gasteiger partial charge >= 0.3 is 0 Å². The second-order valence-corrected chi connectivity index (χ2v) is 4.53. The summed E-state index contributed by atoms with van der Waals surface area (Å²) in [6, 6.07) is 10.5. The average Bonchev–Trinajstić information content (AvgIpc) is 2.74. The summed E-state index contributed by atoms with van der Waals surface area (Å²) in [6.45, 7) is 2.63. The second-order valence-electron chi connectivity index (χ2n) is 4.14. The third kappa shape index (κ3) is 2.93. The molecule has 1 aromatic carbocycles. The van der Waals surface area contributed by atoms with Crippen molar-refractivity contribution in [2.24, 2.45) is 5.73 Å². The molecule has 0 spiro atoms. The highest BCUT2D eigenvalue weighted by Crippen LogP contribution is 2.07. The maximum absolute atomic E-state index is 5.84. The molecule has 1 aliphatic heterocycles. The molecule has 86 valence electrons. The fraction of sp³-hybridized carbons (Fsp3) is 0.417. The molecule has 0 aromatic heterocycles. The summed E-state index contributed by atoms with van der Waals surface area (Å²) in [4.78, 5) is 2.14. The fourth-order valence-electron chi connectivity index (χ4n) is 1.86. The second kappa shape index (κ2) is 5.27. The van der Waals surface area contributed by atoms with Gasteiger partial charge in [0.15, 0.2) is 5.11 Å². The van der Waals surface area contributed by atoms with Gasteiger partial charge in [-0.2, -0.15) is 0 Å². The van der Waals surface area contributed by atoms with Gasteiger partial charge < -0.3 is 16.0 Å². The van der Waals surface area contributed by atoms with E-state index >= 15 is 0 Å². The van der Waals surface area contributed by atoms with Crippen molar-refractivity contribution in [3.05, 3.63) is 35.9 Å². The van der Waals surface area contributed by atoms with Crippen LogP contribution in [0, 0.1) is 0 Å². The molecule has 2 rings (SSSR count). The van der Waals surface area contributed by atoms with Crippen molar-refractivity contribution in [3.63, 3.8) is 0 Å². The van der Waals surface area contributed by atoms with Crippen molar-refractivity contribution in [2.75, 3.05) is 13.1 Å². The number of likely N-dealkylation sites (tertiary alicyclic amines) is 1. The van der Waals surface area contributed by atoms with Crippen LogP contribution in [0.25, 0.3) is 0 Å².